The van der Waals surface area contributed by atoms with Gasteiger partial charge in [-0.3, -0.25) is 10.4 Å². The second-order valence-corrected chi connectivity index (χ2v) is 2.77. The Morgan fingerprint density at radius 3 is 2.50 bits per heavy atom. The van der Waals surface area contributed by atoms with Crippen LogP contribution in [0.2, 0.25) is 0 Å². The average molecular weight is 160 g/mol. The Morgan fingerprint density at radius 1 is 1.33 bits per heavy atom. The van der Waals surface area contributed by atoms with Gasteiger partial charge in [0.25, 0.3) is 0 Å². The molecule has 1 aliphatic carbocycles. The quantitative estimate of drug-likeness (QED) is 0.572. The van der Waals surface area contributed by atoms with E-state index in [4.69, 9.17) is 5.41 Å². The van der Waals surface area contributed by atoms with Gasteiger partial charge >= 0.3 is 0 Å². The van der Waals surface area contributed by atoms with Crippen molar-refractivity contribution in [2.45, 2.75) is 13.8 Å². The van der Waals surface area contributed by atoms with E-state index in [0.717, 1.165) is 11.1 Å². The molecule has 1 rings (SSSR count). The van der Waals surface area contributed by atoms with Crippen LogP contribution in [0.3, 0.4) is 0 Å². The monoisotopic (exact) mass is 160 g/mol. The first kappa shape index (κ1) is 8.65. The Labute approximate surface area is 72.5 Å². The van der Waals surface area contributed by atoms with Crippen molar-refractivity contribution in [3.63, 3.8) is 0 Å². The minimum Gasteiger partial charge on any atom is -0.299 e. The summed E-state index contributed by atoms with van der Waals surface area (Å²) in [6.45, 7) is 7.50. The zero-order valence-electron chi connectivity index (χ0n) is 7.39. The number of allylic oxidation sites excluding steroid dienone is 4. The molecule has 2 heteroatoms. The van der Waals surface area contributed by atoms with E-state index in [2.05, 4.69) is 11.6 Å². The van der Waals surface area contributed by atoms with Crippen molar-refractivity contribution in [1.82, 2.24) is 0 Å². The van der Waals surface area contributed by atoms with Crippen molar-refractivity contribution in [3.05, 3.63) is 36.1 Å². The molecular formula is C10H12N2. The molecule has 1 N–H and O–H groups in total. The summed E-state index contributed by atoms with van der Waals surface area (Å²) in [6.07, 6.45) is 5.18. The van der Waals surface area contributed by atoms with Gasteiger partial charge in [0.2, 0.25) is 0 Å². The second kappa shape index (κ2) is 3.30. The van der Waals surface area contributed by atoms with Crippen LogP contribution in [0.15, 0.2) is 41.1 Å². The molecule has 0 aromatic heterocycles. The van der Waals surface area contributed by atoms with E-state index >= 15 is 0 Å². The van der Waals surface area contributed by atoms with Gasteiger partial charge in [-0.25, -0.2) is 0 Å². The summed E-state index contributed by atoms with van der Waals surface area (Å²) in [7, 11) is 0. The van der Waals surface area contributed by atoms with Gasteiger partial charge in [-0.2, -0.15) is 0 Å². The minimum absolute atomic E-state index is 0.456. The molecule has 1 aliphatic rings. The first-order valence-electron chi connectivity index (χ1n) is 3.79. The maximum Gasteiger partial charge on any atom is 0.0881 e. The van der Waals surface area contributed by atoms with Crippen molar-refractivity contribution in [3.8, 4) is 0 Å². The number of hydrogen-bond donors (Lipinski definition) is 1. The van der Waals surface area contributed by atoms with Crippen LogP contribution in [-0.2, 0) is 0 Å². The summed E-state index contributed by atoms with van der Waals surface area (Å²) in [5.41, 5.74) is 3.43. The highest BCUT2D eigenvalue weighted by molar-refractivity contribution is 6.50. The van der Waals surface area contributed by atoms with E-state index in [0.29, 0.717) is 11.4 Å². The van der Waals surface area contributed by atoms with Gasteiger partial charge in [0.1, 0.15) is 0 Å². The molecule has 0 unspecified atom stereocenters. The summed E-state index contributed by atoms with van der Waals surface area (Å²) >= 11 is 0. The summed E-state index contributed by atoms with van der Waals surface area (Å²) in [4.78, 5) is 3.98. The van der Waals surface area contributed by atoms with Gasteiger partial charge in [0.05, 0.1) is 11.4 Å². The Hall–Kier alpha value is -1.44. The number of nitrogens with one attached hydrogen (secondary N) is 1. The van der Waals surface area contributed by atoms with Crippen LogP contribution in [-0.4, -0.2) is 11.4 Å². The molecule has 0 aromatic rings. The van der Waals surface area contributed by atoms with E-state index in [1.807, 2.05) is 26.0 Å². The van der Waals surface area contributed by atoms with Crippen LogP contribution >= 0.6 is 0 Å². The minimum atomic E-state index is 0.456. The van der Waals surface area contributed by atoms with Gasteiger partial charge < -0.3 is 0 Å². The Kier molecular flexibility index (Phi) is 2.38. The van der Waals surface area contributed by atoms with Crippen LogP contribution in [0.1, 0.15) is 13.8 Å². The summed E-state index contributed by atoms with van der Waals surface area (Å²) in [6, 6.07) is 0. The van der Waals surface area contributed by atoms with Crippen molar-refractivity contribution in [1.29, 1.82) is 5.41 Å². The molecular weight excluding hydrogens is 148 g/mol. The standard InChI is InChI=1S/C10H12N2/c1-4-12-10-6-8(3)7(2)5-9(10)11/h4-6,11H,1H2,2-3H3. The van der Waals surface area contributed by atoms with Crippen LogP contribution in [0.4, 0.5) is 0 Å². The molecule has 0 aliphatic heterocycles. The van der Waals surface area contributed by atoms with Crippen LogP contribution in [0.25, 0.3) is 0 Å². The van der Waals surface area contributed by atoms with E-state index < -0.39 is 0 Å². The van der Waals surface area contributed by atoms with Crippen molar-refractivity contribution < 1.29 is 0 Å². The molecule has 12 heavy (non-hydrogen) atoms. The lowest BCUT2D eigenvalue weighted by Gasteiger charge is -2.09. The summed E-state index contributed by atoms with van der Waals surface area (Å²) in [5.74, 6) is 0. The largest absolute Gasteiger partial charge is 0.299 e. The van der Waals surface area contributed by atoms with Crippen LogP contribution in [0.5, 0.6) is 0 Å². The number of aliphatic imine (C=N–C) groups is 1. The SMILES string of the molecule is C=CN=C1C=C(C)C(C)=CC1=N. The fourth-order valence-corrected chi connectivity index (χ4v) is 1.01. The molecule has 2 nitrogen and oxygen atoms in total. The maximum atomic E-state index is 7.57. The zero-order chi connectivity index (χ0) is 9.14. The molecule has 0 aromatic carbocycles. The molecule has 0 saturated carbocycles. The Morgan fingerprint density at radius 2 is 1.92 bits per heavy atom. The molecule has 0 bridgehead atoms. The smallest absolute Gasteiger partial charge is 0.0881 e. The van der Waals surface area contributed by atoms with Gasteiger partial charge in [0, 0.05) is 6.20 Å². The molecule has 62 valence electrons. The maximum absolute atomic E-state index is 7.57. The Bertz CT molecular complexity index is 317. The lowest BCUT2D eigenvalue weighted by Crippen LogP contribution is -2.12. The van der Waals surface area contributed by atoms with Crippen LogP contribution < -0.4 is 0 Å². The highest BCUT2D eigenvalue weighted by Gasteiger charge is 2.08. The summed E-state index contributed by atoms with van der Waals surface area (Å²) < 4.78 is 0. The van der Waals surface area contributed by atoms with E-state index in [1.54, 1.807) is 0 Å². The van der Waals surface area contributed by atoms with Crippen molar-refractivity contribution in [2.24, 2.45) is 4.99 Å². The topological polar surface area (TPSA) is 36.2 Å². The molecule has 0 saturated heterocycles. The van der Waals surface area contributed by atoms with E-state index in [9.17, 15) is 0 Å². The normalized spacial score (nSPS) is 20.5. The van der Waals surface area contributed by atoms with Gasteiger partial charge in [-0.1, -0.05) is 6.58 Å². The average Bonchev–Trinajstić information content (AvgIpc) is 2.01. The predicted octanol–water partition coefficient (Wildman–Crippen LogP) is 2.50. The highest BCUT2D eigenvalue weighted by atomic mass is 14.7. The predicted molar refractivity (Wildman–Crippen MR) is 52.9 cm³/mol. The Balaban J connectivity index is 3.07. The first-order valence-corrected chi connectivity index (χ1v) is 3.79. The molecule has 0 spiro atoms. The first-order chi connectivity index (χ1) is 5.65. The second-order valence-electron chi connectivity index (χ2n) is 2.77. The van der Waals surface area contributed by atoms with Crippen molar-refractivity contribution >= 4 is 11.4 Å². The fourth-order valence-electron chi connectivity index (χ4n) is 1.01. The lowest BCUT2D eigenvalue weighted by atomic mass is 9.98. The summed E-state index contributed by atoms with van der Waals surface area (Å²) in [5, 5.41) is 7.57. The zero-order valence-corrected chi connectivity index (χ0v) is 7.39. The lowest BCUT2D eigenvalue weighted by molar-refractivity contribution is 1.34. The molecule has 0 atom stereocenters. The molecule has 0 radical (unpaired) electrons. The van der Waals surface area contributed by atoms with Gasteiger partial charge in [-0.15, -0.1) is 0 Å². The van der Waals surface area contributed by atoms with E-state index in [-0.39, 0.29) is 0 Å². The third kappa shape index (κ3) is 1.59. The molecule has 0 amide bonds. The third-order valence-electron chi connectivity index (χ3n) is 1.84. The number of hydrogen-bond acceptors (Lipinski definition) is 2. The fraction of sp³-hybridized carbons (Fsp3) is 0.200. The highest BCUT2D eigenvalue weighted by Crippen LogP contribution is 2.13. The van der Waals surface area contributed by atoms with Crippen LogP contribution in [0, 0.1) is 5.41 Å². The number of nitrogens with zero attached hydrogens (tertiary/aromatic N) is 1. The van der Waals surface area contributed by atoms with Gasteiger partial charge in [0.15, 0.2) is 0 Å². The third-order valence-corrected chi connectivity index (χ3v) is 1.84. The molecule has 0 fully saturated rings. The molecule has 0 heterocycles. The van der Waals surface area contributed by atoms with E-state index in [1.165, 1.54) is 6.20 Å². The van der Waals surface area contributed by atoms with Gasteiger partial charge in [-0.05, 0) is 37.1 Å². The number of rotatable bonds is 1. The van der Waals surface area contributed by atoms with Crippen molar-refractivity contribution in [2.75, 3.05) is 0 Å².